The van der Waals surface area contributed by atoms with Gasteiger partial charge in [-0.15, -0.1) is 36.9 Å². The second kappa shape index (κ2) is 8.35. The van der Waals surface area contributed by atoms with Gasteiger partial charge in [0, 0.05) is 31.1 Å². The maximum atomic E-state index is 14.1. The second-order valence-corrected chi connectivity index (χ2v) is 6.42. The number of rotatable bonds is 4. The SMILES string of the molecule is Cl.Fc1cc([C@@H](c2cccs2)N2CCNCC2)ccc1OC(F)(F)F. The van der Waals surface area contributed by atoms with E-state index in [0.717, 1.165) is 43.2 Å². The molecular weight excluding hydrogens is 380 g/mol. The zero-order chi connectivity index (χ0) is 17.2. The summed E-state index contributed by atoms with van der Waals surface area (Å²) in [4.78, 5) is 3.22. The van der Waals surface area contributed by atoms with Crippen molar-refractivity contribution in [2.75, 3.05) is 26.2 Å². The van der Waals surface area contributed by atoms with Gasteiger partial charge in [0.05, 0.1) is 6.04 Å². The molecule has 1 aromatic carbocycles. The summed E-state index contributed by atoms with van der Waals surface area (Å²) in [5.74, 6) is -1.82. The predicted molar refractivity (Wildman–Crippen MR) is 90.9 cm³/mol. The molecule has 1 aliphatic heterocycles. The maximum Gasteiger partial charge on any atom is 0.573 e. The summed E-state index contributed by atoms with van der Waals surface area (Å²) < 4.78 is 54.7. The lowest BCUT2D eigenvalue weighted by molar-refractivity contribution is -0.275. The van der Waals surface area contributed by atoms with Gasteiger partial charge in [-0.25, -0.2) is 4.39 Å². The molecule has 1 aromatic heterocycles. The third-order valence-corrected chi connectivity index (χ3v) is 4.75. The normalized spacial score (nSPS) is 17.0. The van der Waals surface area contributed by atoms with Crippen LogP contribution in [0.4, 0.5) is 17.6 Å². The van der Waals surface area contributed by atoms with E-state index in [-0.39, 0.29) is 18.4 Å². The lowest BCUT2D eigenvalue weighted by Gasteiger charge is -2.34. The van der Waals surface area contributed by atoms with E-state index in [1.54, 1.807) is 11.3 Å². The largest absolute Gasteiger partial charge is 0.573 e. The molecule has 0 unspecified atom stereocenters. The molecule has 2 heterocycles. The zero-order valence-electron chi connectivity index (χ0n) is 13.1. The first-order valence-electron chi connectivity index (χ1n) is 7.47. The van der Waals surface area contributed by atoms with Crippen LogP contribution >= 0.6 is 23.7 Å². The van der Waals surface area contributed by atoms with Gasteiger partial charge >= 0.3 is 6.36 Å². The van der Waals surface area contributed by atoms with Crippen molar-refractivity contribution in [3.63, 3.8) is 0 Å². The number of hydrogen-bond donors (Lipinski definition) is 1. The summed E-state index contributed by atoms with van der Waals surface area (Å²) >= 11 is 1.54. The van der Waals surface area contributed by atoms with Crippen LogP contribution in [0.1, 0.15) is 16.5 Å². The van der Waals surface area contributed by atoms with Crippen LogP contribution in [0, 0.1) is 5.82 Å². The molecule has 1 aliphatic rings. The Morgan fingerprint density at radius 2 is 1.88 bits per heavy atom. The van der Waals surface area contributed by atoms with Gasteiger partial charge in [0.1, 0.15) is 0 Å². The molecular formula is C16H17ClF4N2OS. The molecule has 1 atom stereocenters. The molecule has 0 saturated carbocycles. The van der Waals surface area contributed by atoms with E-state index in [9.17, 15) is 17.6 Å². The van der Waals surface area contributed by atoms with Crippen molar-refractivity contribution in [3.8, 4) is 5.75 Å². The van der Waals surface area contributed by atoms with Crippen molar-refractivity contribution in [1.29, 1.82) is 0 Å². The smallest absolute Gasteiger partial charge is 0.403 e. The first kappa shape index (κ1) is 20.0. The Morgan fingerprint density at radius 3 is 2.44 bits per heavy atom. The van der Waals surface area contributed by atoms with Crippen LogP contribution in [0.25, 0.3) is 0 Å². The standard InChI is InChI=1S/C16H16F4N2OS.ClH/c17-12-10-11(3-4-13(12)23-16(18,19)20)15(14-2-1-9-24-14)22-7-5-21-6-8-22;/h1-4,9-10,15,21H,5-8H2;1H/t15-;/m0./s1. The minimum atomic E-state index is -4.91. The number of nitrogens with one attached hydrogen (secondary N) is 1. The van der Waals surface area contributed by atoms with E-state index in [1.807, 2.05) is 17.5 Å². The number of hydrogen-bond acceptors (Lipinski definition) is 4. The number of piperazine rings is 1. The van der Waals surface area contributed by atoms with E-state index < -0.39 is 17.9 Å². The van der Waals surface area contributed by atoms with E-state index in [2.05, 4.69) is 15.0 Å². The number of benzene rings is 1. The van der Waals surface area contributed by atoms with Crippen molar-refractivity contribution >= 4 is 23.7 Å². The van der Waals surface area contributed by atoms with Crippen molar-refractivity contribution in [2.45, 2.75) is 12.4 Å². The number of thiophene rings is 1. The minimum absolute atomic E-state index is 0. The molecule has 0 bridgehead atoms. The van der Waals surface area contributed by atoms with Gasteiger partial charge in [0.25, 0.3) is 0 Å². The third-order valence-electron chi connectivity index (χ3n) is 3.83. The molecule has 1 N–H and O–H groups in total. The summed E-state index contributed by atoms with van der Waals surface area (Å²) in [6.45, 7) is 3.20. The Kier molecular flexibility index (Phi) is 6.67. The fraction of sp³-hybridized carbons (Fsp3) is 0.375. The molecule has 0 radical (unpaired) electrons. The topological polar surface area (TPSA) is 24.5 Å². The molecule has 3 nitrogen and oxygen atoms in total. The van der Waals surface area contributed by atoms with E-state index in [4.69, 9.17) is 0 Å². The first-order chi connectivity index (χ1) is 11.4. The van der Waals surface area contributed by atoms with Crippen molar-refractivity contribution < 1.29 is 22.3 Å². The Balaban J connectivity index is 0.00000225. The fourth-order valence-electron chi connectivity index (χ4n) is 2.84. The predicted octanol–water partition coefficient (Wildman–Crippen LogP) is 4.20. The van der Waals surface area contributed by atoms with Gasteiger partial charge in [0.15, 0.2) is 11.6 Å². The maximum absolute atomic E-state index is 14.1. The monoisotopic (exact) mass is 396 g/mol. The average Bonchev–Trinajstić information content (AvgIpc) is 3.04. The molecule has 2 aromatic rings. The fourth-order valence-corrected chi connectivity index (χ4v) is 3.72. The third kappa shape index (κ3) is 5.07. The van der Waals surface area contributed by atoms with E-state index in [1.165, 1.54) is 6.07 Å². The van der Waals surface area contributed by atoms with E-state index >= 15 is 0 Å². The van der Waals surface area contributed by atoms with Gasteiger partial charge in [-0.1, -0.05) is 12.1 Å². The number of halogens is 5. The molecule has 1 fully saturated rings. The summed E-state index contributed by atoms with van der Waals surface area (Å²) in [7, 11) is 0. The quantitative estimate of drug-likeness (QED) is 0.784. The summed E-state index contributed by atoms with van der Waals surface area (Å²) in [5, 5.41) is 5.19. The van der Waals surface area contributed by atoms with Crippen LogP contribution in [0.5, 0.6) is 5.75 Å². The van der Waals surface area contributed by atoms with Gasteiger partial charge in [-0.05, 0) is 29.1 Å². The van der Waals surface area contributed by atoms with Crippen molar-refractivity contribution in [1.82, 2.24) is 10.2 Å². The van der Waals surface area contributed by atoms with E-state index in [0.29, 0.717) is 5.56 Å². The highest BCUT2D eigenvalue weighted by Gasteiger charge is 2.33. The first-order valence-corrected chi connectivity index (χ1v) is 8.35. The minimum Gasteiger partial charge on any atom is -0.403 e. The molecule has 3 rings (SSSR count). The Labute approximate surface area is 153 Å². The molecule has 0 aliphatic carbocycles. The molecule has 1 saturated heterocycles. The lowest BCUT2D eigenvalue weighted by Crippen LogP contribution is -2.45. The Hall–Kier alpha value is -1.35. The highest BCUT2D eigenvalue weighted by atomic mass is 35.5. The number of ether oxygens (including phenoxy) is 1. The molecule has 0 amide bonds. The van der Waals surface area contributed by atoms with Crippen molar-refractivity contribution in [3.05, 3.63) is 52.0 Å². The van der Waals surface area contributed by atoms with Crippen LogP contribution in [-0.2, 0) is 0 Å². The van der Waals surface area contributed by atoms with Crippen LogP contribution in [0.2, 0.25) is 0 Å². The van der Waals surface area contributed by atoms with Crippen molar-refractivity contribution in [2.24, 2.45) is 0 Å². The lowest BCUT2D eigenvalue weighted by atomic mass is 10.0. The summed E-state index contributed by atoms with van der Waals surface area (Å²) in [6.07, 6.45) is -4.91. The molecule has 138 valence electrons. The second-order valence-electron chi connectivity index (χ2n) is 5.44. The zero-order valence-corrected chi connectivity index (χ0v) is 14.7. The van der Waals surface area contributed by atoms with Crippen LogP contribution < -0.4 is 10.1 Å². The Morgan fingerprint density at radius 1 is 1.16 bits per heavy atom. The molecule has 0 spiro atoms. The highest BCUT2D eigenvalue weighted by molar-refractivity contribution is 7.10. The number of nitrogens with zero attached hydrogens (tertiary/aromatic N) is 1. The van der Waals surface area contributed by atoms with Crippen LogP contribution in [0.3, 0.4) is 0 Å². The van der Waals surface area contributed by atoms with Gasteiger partial charge in [0.2, 0.25) is 0 Å². The van der Waals surface area contributed by atoms with Gasteiger partial charge in [-0.2, -0.15) is 0 Å². The van der Waals surface area contributed by atoms with Crippen LogP contribution in [0.15, 0.2) is 35.7 Å². The average molecular weight is 397 g/mol. The highest BCUT2D eigenvalue weighted by Crippen LogP contribution is 2.35. The summed E-state index contributed by atoms with van der Waals surface area (Å²) in [5.41, 5.74) is 0.617. The summed E-state index contributed by atoms with van der Waals surface area (Å²) in [6, 6.07) is 7.36. The Bertz CT molecular complexity index is 675. The molecule has 25 heavy (non-hydrogen) atoms. The van der Waals surface area contributed by atoms with Crippen LogP contribution in [-0.4, -0.2) is 37.4 Å². The molecule has 9 heteroatoms. The van der Waals surface area contributed by atoms with Gasteiger partial charge in [-0.3, -0.25) is 4.90 Å². The van der Waals surface area contributed by atoms with Gasteiger partial charge < -0.3 is 10.1 Å². The number of alkyl halides is 3.